The summed E-state index contributed by atoms with van der Waals surface area (Å²) in [6.45, 7) is 0.543. The van der Waals surface area contributed by atoms with E-state index in [0.717, 1.165) is 17.2 Å². The Hall–Kier alpha value is -1.42. The first kappa shape index (κ1) is 12.0. The maximum atomic E-state index is 5.98. The van der Waals surface area contributed by atoms with E-state index < -0.39 is 0 Å². The molecular formula is C13H19NO3. The first-order chi connectivity index (χ1) is 8.22. The van der Waals surface area contributed by atoms with Crippen LogP contribution in [0.1, 0.15) is 12.8 Å². The quantitative estimate of drug-likeness (QED) is 0.820. The molecule has 0 heterocycles. The SMILES string of the molecule is COc1cc(OC)cc(OCC(N)C2CC2)c1. The highest BCUT2D eigenvalue weighted by Gasteiger charge is 2.28. The minimum atomic E-state index is 0.132. The average molecular weight is 237 g/mol. The number of hydrogen-bond donors (Lipinski definition) is 1. The van der Waals surface area contributed by atoms with Gasteiger partial charge >= 0.3 is 0 Å². The molecule has 0 radical (unpaired) electrons. The molecule has 17 heavy (non-hydrogen) atoms. The summed E-state index contributed by atoms with van der Waals surface area (Å²) in [5, 5.41) is 0. The Labute approximate surface area is 102 Å². The zero-order chi connectivity index (χ0) is 12.3. The molecular weight excluding hydrogens is 218 g/mol. The minimum absolute atomic E-state index is 0.132. The van der Waals surface area contributed by atoms with Gasteiger partial charge in [0.25, 0.3) is 0 Å². The second kappa shape index (κ2) is 5.27. The third-order valence-electron chi connectivity index (χ3n) is 2.99. The second-order valence-corrected chi connectivity index (χ2v) is 4.36. The molecule has 2 rings (SSSR count). The van der Waals surface area contributed by atoms with Crippen LogP contribution in [-0.4, -0.2) is 26.9 Å². The lowest BCUT2D eigenvalue weighted by Crippen LogP contribution is -2.29. The average Bonchev–Trinajstić information content (AvgIpc) is 3.19. The molecule has 1 aromatic carbocycles. The van der Waals surface area contributed by atoms with Gasteiger partial charge in [0.2, 0.25) is 0 Å². The zero-order valence-electron chi connectivity index (χ0n) is 10.3. The van der Waals surface area contributed by atoms with Gasteiger partial charge < -0.3 is 19.9 Å². The monoisotopic (exact) mass is 237 g/mol. The van der Waals surface area contributed by atoms with Gasteiger partial charge in [-0.3, -0.25) is 0 Å². The number of nitrogens with two attached hydrogens (primary N) is 1. The Bertz CT molecular complexity index is 355. The molecule has 1 unspecified atom stereocenters. The van der Waals surface area contributed by atoms with Crippen molar-refractivity contribution >= 4 is 0 Å². The number of hydrogen-bond acceptors (Lipinski definition) is 4. The summed E-state index contributed by atoms with van der Waals surface area (Å²) in [4.78, 5) is 0. The Morgan fingerprint density at radius 3 is 2.12 bits per heavy atom. The van der Waals surface area contributed by atoms with Crippen LogP contribution in [0.4, 0.5) is 0 Å². The molecule has 0 bridgehead atoms. The van der Waals surface area contributed by atoms with Crippen molar-refractivity contribution in [2.75, 3.05) is 20.8 Å². The van der Waals surface area contributed by atoms with Crippen LogP contribution in [0.25, 0.3) is 0 Å². The molecule has 1 aromatic rings. The van der Waals surface area contributed by atoms with E-state index in [4.69, 9.17) is 19.9 Å². The van der Waals surface area contributed by atoms with Crippen LogP contribution in [0.15, 0.2) is 18.2 Å². The van der Waals surface area contributed by atoms with Gasteiger partial charge in [-0.25, -0.2) is 0 Å². The van der Waals surface area contributed by atoms with E-state index in [1.54, 1.807) is 14.2 Å². The van der Waals surface area contributed by atoms with Crippen molar-refractivity contribution in [3.63, 3.8) is 0 Å². The highest BCUT2D eigenvalue weighted by Crippen LogP contribution is 2.32. The van der Waals surface area contributed by atoms with Crippen LogP contribution >= 0.6 is 0 Å². The highest BCUT2D eigenvalue weighted by molar-refractivity contribution is 5.42. The van der Waals surface area contributed by atoms with Crippen molar-refractivity contribution in [2.45, 2.75) is 18.9 Å². The van der Waals surface area contributed by atoms with Gasteiger partial charge in [0.15, 0.2) is 0 Å². The van der Waals surface area contributed by atoms with Crippen molar-refractivity contribution in [1.82, 2.24) is 0 Å². The van der Waals surface area contributed by atoms with E-state index in [1.807, 2.05) is 18.2 Å². The third-order valence-corrected chi connectivity index (χ3v) is 2.99. The summed E-state index contributed by atoms with van der Waals surface area (Å²) in [6, 6.07) is 5.62. The molecule has 0 amide bonds. The van der Waals surface area contributed by atoms with E-state index in [0.29, 0.717) is 12.5 Å². The van der Waals surface area contributed by atoms with Crippen molar-refractivity contribution < 1.29 is 14.2 Å². The second-order valence-electron chi connectivity index (χ2n) is 4.36. The fourth-order valence-corrected chi connectivity index (χ4v) is 1.72. The molecule has 0 spiro atoms. The van der Waals surface area contributed by atoms with Gasteiger partial charge in [0.05, 0.1) is 14.2 Å². The van der Waals surface area contributed by atoms with Crippen LogP contribution in [0.2, 0.25) is 0 Å². The number of rotatable bonds is 6. The van der Waals surface area contributed by atoms with E-state index in [-0.39, 0.29) is 6.04 Å². The van der Waals surface area contributed by atoms with Gasteiger partial charge in [-0.2, -0.15) is 0 Å². The predicted molar refractivity (Wildman–Crippen MR) is 65.7 cm³/mol. The molecule has 1 atom stereocenters. The molecule has 94 valence electrons. The van der Waals surface area contributed by atoms with Gasteiger partial charge in [0.1, 0.15) is 23.9 Å². The normalized spacial score (nSPS) is 16.4. The summed E-state index contributed by atoms with van der Waals surface area (Å²) in [5.41, 5.74) is 5.98. The smallest absolute Gasteiger partial charge is 0.126 e. The molecule has 4 nitrogen and oxygen atoms in total. The van der Waals surface area contributed by atoms with Crippen LogP contribution in [-0.2, 0) is 0 Å². The van der Waals surface area contributed by atoms with Crippen LogP contribution in [0.5, 0.6) is 17.2 Å². The Morgan fingerprint density at radius 2 is 1.65 bits per heavy atom. The standard InChI is InChI=1S/C13H19NO3/c1-15-10-5-11(16-2)7-12(6-10)17-8-13(14)9-3-4-9/h5-7,9,13H,3-4,8,14H2,1-2H3. The fraction of sp³-hybridized carbons (Fsp3) is 0.538. The molecule has 2 N–H and O–H groups in total. The Balaban J connectivity index is 1.98. The number of ether oxygens (including phenoxy) is 3. The maximum absolute atomic E-state index is 5.98. The van der Waals surface area contributed by atoms with Crippen molar-refractivity contribution in [2.24, 2.45) is 11.7 Å². The Kier molecular flexibility index (Phi) is 3.74. The molecule has 4 heteroatoms. The predicted octanol–water partition coefficient (Wildman–Crippen LogP) is 1.82. The molecule has 1 saturated carbocycles. The summed E-state index contributed by atoms with van der Waals surface area (Å²) in [6.07, 6.45) is 2.46. The largest absolute Gasteiger partial charge is 0.496 e. The lowest BCUT2D eigenvalue weighted by molar-refractivity contribution is 0.273. The first-order valence-electron chi connectivity index (χ1n) is 5.84. The van der Waals surface area contributed by atoms with E-state index in [2.05, 4.69) is 0 Å². The van der Waals surface area contributed by atoms with E-state index >= 15 is 0 Å². The lowest BCUT2D eigenvalue weighted by Gasteiger charge is -2.13. The first-order valence-corrected chi connectivity index (χ1v) is 5.84. The third kappa shape index (κ3) is 3.27. The van der Waals surface area contributed by atoms with Gasteiger partial charge in [0, 0.05) is 24.2 Å². The minimum Gasteiger partial charge on any atom is -0.496 e. The summed E-state index contributed by atoms with van der Waals surface area (Å²) in [7, 11) is 3.24. The maximum Gasteiger partial charge on any atom is 0.126 e. The van der Waals surface area contributed by atoms with Crippen LogP contribution < -0.4 is 19.9 Å². The van der Waals surface area contributed by atoms with Crippen LogP contribution in [0, 0.1) is 5.92 Å². The number of benzene rings is 1. The van der Waals surface area contributed by atoms with Crippen molar-refractivity contribution in [1.29, 1.82) is 0 Å². The van der Waals surface area contributed by atoms with Crippen LogP contribution in [0.3, 0.4) is 0 Å². The van der Waals surface area contributed by atoms with Gasteiger partial charge in [-0.1, -0.05) is 0 Å². The molecule has 1 aliphatic carbocycles. The molecule has 0 aromatic heterocycles. The van der Waals surface area contributed by atoms with E-state index in [1.165, 1.54) is 12.8 Å². The topological polar surface area (TPSA) is 53.7 Å². The highest BCUT2D eigenvalue weighted by atomic mass is 16.5. The van der Waals surface area contributed by atoms with Crippen molar-refractivity contribution in [3.05, 3.63) is 18.2 Å². The lowest BCUT2D eigenvalue weighted by atomic mass is 10.2. The van der Waals surface area contributed by atoms with Gasteiger partial charge in [-0.05, 0) is 18.8 Å². The zero-order valence-corrected chi connectivity index (χ0v) is 10.3. The summed E-state index contributed by atoms with van der Waals surface area (Å²) in [5.74, 6) is 2.82. The van der Waals surface area contributed by atoms with Gasteiger partial charge in [-0.15, -0.1) is 0 Å². The van der Waals surface area contributed by atoms with E-state index in [9.17, 15) is 0 Å². The molecule has 0 saturated heterocycles. The summed E-state index contributed by atoms with van der Waals surface area (Å²) >= 11 is 0. The fourth-order valence-electron chi connectivity index (χ4n) is 1.72. The Morgan fingerprint density at radius 1 is 1.12 bits per heavy atom. The molecule has 1 fully saturated rings. The molecule has 1 aliphatic rings. The molecule has 0 aliphatic heterocycles. The summed E-state index contributed by atoms with van der Waals surface area (Å²) < 4.78 is 16.0. The number of methoxy groups -OCH3 is 2. The van der Waals surface area contributed by atoms with Crippen molar-refractivity contribution in [3.8, 4) is 17.2 Å².